The Hall–Kier alpha value is -0.780. The van der Waals surface area contributed by atoms with Crippen LogP contribution >= 0.6 is 0 Å². The number of likely N-dealkylation sites (N-methyl/N-ethyl adjacent to an activating group) is 1. The predicted octanol–water partition coefficient (Wildman–Crippen LogP) is 1.63. The van der Waals surface area contributed by atoms with E-state index in [9.17, 15) is 18.0 Å². The quantitative estimate of drug-likeness (QED) is 0.743. The van der Waals surface area contributed by atoms with E-state index in [-0.39, 0.29) is 5.91 Å². The van der Waals surface area contributed by atoms with Crippen LogP contribution in [-0.4, -0.2) is 54.1 Å². The van der Waals surface area contributed by atoms with E-state index in [1.807, 2.05) is 7.05 Å². The van der Waals surface area contributed by atoms with Crippen LogP contribution in [0.15, 0.2) is 0 Å². The minimum atomic E-state index is -4.23. The summed E-state index contributed by atoms with van der Waals surface area (Å²) in [5.74, 6) is -0.354. The van der Waals surface area contributed by atoms with Crippen LogP contribution in [-0.2, 0) is 4.79 Å². The Balaban J connectivity index is 1.85. The van der Waals surface area contributed by atoms with Gasteiger partial charge in [0.1, 0.15) is 0 Å². The molecular weight excluding hydrogens is 233 g/mol. The summed E-state index contributed by atoms with van der Waals surface area (Å²) in [5.41, 5.74) is 0. The first-order valence-corrected chi connectivity index (χ1v) is 5.93. The molecule has 0 aromatic carbocycles. The molecule has 2 rings (SSSR count). The SMILES string of the molecule is CN1C2CCC1CN(C(=O)CCC(F)(F)F)C2. The number of alkyl halides is 3. The number of likely N-dealkylation sites (tertiary alicyclic amines) is 1. The van der Waals surface area contributed by atoms with Crippen LogP contribution in [0.25, 0.3) is 0 Å². The molecule has 1 amide bonds. The van der Waals surface area contributed by atoms with Crippen molar-refractivity contribution in [1.82, 2.24) is 9.80 Å². The zero-order chi connectivity index (χ0) is 12.6. The fraction of sp³-hybridized carbons (Fsp3) is 0.909. The molecule has 0 N–H and O–H groups in total. The lowest BCUT2D eigenvalue weighted by atomic mass is 10.2. The Kier molecular flexibility index (Phi) is 3.34. The smallest absolute Gasteiger partial charge is 0.340 e. The fourth-order valence-corrected chi connectivity index (χ4v) is 2.72. The molecule has 3 nitrogen and oxygen atoms in total. The predicted molar refractivity (Wildman–Crippen MR) is 56.4 cm³/mol. The lowest BCUT2D eigenvalue weighted by molar-refractivity contribution is -0.150. The monoisotopic (exact) mass is 250 g/mol. The number of piperazine rings is 1. The summed E-state index contributed by atoms with van der Waals surface area (Å²) in [4.78, 5) is 15.5. The molecule has 2 aliphatic heterocycles. The highest BCUT2D eigenvalue weighted by atomic mass is 19.4. The zero-order valence-corrected chi connectivity index (χ0v) is 9.83. The number of nitrogens with zero attached hydrogens (tertiary/aromatic N) is 2. The van der Waals surface area contributed by atoms with Crippen molar-refractivity contribution in [3.05, 3.63) is 0 Å². The van der Waals surface area contributed by atoms with Gasteiger partial charge in [-0.25, -0.2) is 0 Å². The summed E-state index contributed by atoms with van der Waals surface area (Å²) in [6, 6.07) is 0.673. The summed E-state index contributed by atoms with van der Waals surface area (Å²) in [6.45, 7) is 1.17. The largest absolute Gasteiger partial charge is 0.389 e. The van der Waals surface area contributed by atoms with Crippen LogP contribution in [0.2, 0.25) is 0 Å². The fourth-order valence-electron chi connectivity index (χ4n) is 2.72. The van der Waals surface area contributed by atoms with Crippen LogP contribution in [0.5, 0.6) is 0 Å². The standard InChI is InChI=1S/C11H17F3N2O/c1-15-8-2-3-9(15)7-16(6-8)10(17)4-5-11(12,13)14/h8-9H,2-7H2,1H3. The third-order valence-corrected chi connectivity index (χ3v) is 3.82. The number of amides is 1. The molecule has 0 aromatic rings. The van der Waals surface area contributed by atoms with Crippen molar-refractivity contribution in [1.29, 1.82) is 0 Å². The molecule has 2 fully saturated rings. The minimum absolute atomic E-state index is 0.337. The third kappa shape index (κ3) is 2.91. The highest BCUT2D eigenvalue weighted by Crippen LogP contribution is 2.29. The number of carbonyl (C=O) groups is 1. The van der Waals surface area contributed by atoms with Crippen molar-refractivity contribution in [2.24, 2.45) is 0 Å². The normalized spacial score (nSPS) is 29.8. The first-order chi connectivity index (χ1) is 7.87. The molecule has 0 spiro atoms. The van der Waals surface area contributed by atoms with E-state index in [0.29, 0.717) is 25.2 Å². The van der Waals surface area contributed by atoms with E-state index in [1.165, 1.54) is 0 Å². The van der Waals surface area contributed by atoms with Gasteiger partial charge in [-0.05, 0) is 19.9 Å². The van der Waals surface area contributed by atoms with E-state index in [2.05, 4.69) is 4.90 Å². The molecule has 0 radical (unpaired) electrons. The maximum absolute atomic E-state index is 12.0. The van der Waals surface area contributed by atoms with Crippen molar-refractivity contribution >= 4 is 5.91 Å². The van der Waals surface area contributed by atoms with Crippen LogP contribution in [0.1, 0.15) is 25.7 Å². The van der Waals surface area contributed by atoms with E-state index in [1.54, 1.807) is 4.90 Å². The third-order valence-electron chi connectivity index (χ3n) is 3.82. The molecule has 17 heavy (non-hydrogen) atoms. The van der Waals surface area contributed by atoms with Crippen molar-refractivity contribution in [3.63, 3.8) is 0 Å². The minimum Gasteiger partial charge on any atom is -0.340 e. The number of hydrogen-bond acceptors (Lipinski definition) is 2. The average molecular weight is 250 g/mol. The number of rotatable bonds is 2. The van der Waals surface area contributed by atoms with Crippen molar-refractivity contribution in [2.75, 3.05) is 20.1 Å². The van der Waals surface area contributed by atoms with E-state index < -0.39 is 19.0 Å². The van der Waals surface area contributed by atoms with Crippen molar-refractivity contribution in [3.8, 4) is 0 Å². The van der Waals surface area contributed by atoms with E-state index >= 15 is 0 Å². The van der Waals surface area contributed by atoms with Crippen LogP contribution in [0, 0.1) is 0 Å². The maximum atomic E-state index is 12.0. The molecule has 2 aliphatic rings. The molecule has 0 saturated carbocycles. The first-order valence-electron chi connectivity index (χ1n) is 5.93. The van der Waals surface area contributed by atoms with Gasteiger partial charge in [-0.1, -0.05) is 0 Å². The van der Waals surface area contributed by atoms with Crippen LogP contribution < -0.4 is 0 Å². The van der Waals surface area contributed by atoms with Gasteiger partial charge >= 0.3 is 6.18 Å². The van der Waals surface area contributed by atoms with Crippen molar-refractivity contribution < 1.29 is 18.0 Å². The van der Waals surface area contributed by atoms with Gasteiger partial charge in [0, 0.05) is 31.6 Å². The second-order valence-electron chi connectivity index (χ2n) is 4.96. The van der Waals surface area contributed by atoms with Crippen molar-refractivity contribution in [2.45, 2.75) is 43.9 Å². The van der Waals surface area contributed by atoms with Crippen LogP contribution in [0.3, 0.4) is 0 Å². The molecule has 2 atom stereocenters. The molecule has 6 heteroatoms. The maximum Gasteiger partial charge on any atom is 0.389 e. The Morgan fingerprint density at radius 2 is 1.76 bits per heavy atom. The molecule has 2 heterocycles. The second-order valence-corrected chi connectivity index (χ2v) is 4.96. The Morgan fingerprint density at radius 3 is 2.24 bits per heavy atom. The average Bonchev–Trinajstić information content (AvgIpc) is 2.50. The highest BCUT2D eigenvalue weighted by molar-refractivity contribution is 5.76. The highest BCUT2D eigenvalue weighted by Gasteiger charge is 2.39. The van der Waals surface area contributed by atoms with E-state index in [4.69, 9.17) is 0 Å². The molecular formula is C11H17F3N2O. The van der Waals surface area contributed by atoms with Gasteiger partial charge in [0.25, 0.3) is 0 Å². The van der Waals surface area contributed by atoms with Gasteiger partial charge in [-0.15, -0.1) is 0 Å². The molecule has 0 aliphatic carbocycles. The summed E-state index contributed by atoms with van der Waals surface area (Å²) >= 11 is 0. The van der Waals surface area contributed by atoms with Gasteiger partial charge in [0.15, 0.2) is 0 Å². The summed E-state index contributed by atoms with van der Waals surface area (Å²) in [5, 5.41) is 0. The van der Waals surface area contributed by atoms with Gasteiger partial charge in [-0.3, -0.25) is 9.69 Å². The van der Waals surface area contributed by atoms with Gasteiger partial charge in [-0.2, -0.15) is 13.2 Å². The van der Waals surface area contributed by atoms with Gasteiger partial charge < -0.3 is 4.90 Å². The summed E-state index contributed by atoms with van der Waals surface area (Å²) < 4.78 is 36.1. The summed E-state index contributed by atoms with van der Waals surface area (Å²) in [7, 11) is 2.03. The second kappa shape index (κ2) is 4.48. The molecule has 2 saturated heterocycles. The number of fused-ring (bicyclic) bond motifs is 2. The number of hydrogen-bond donors (Lipinski definition) is 0. The Labute approximate surface area is 98.6 Å². The molecule has 2 unspecified atom stereocenters. The Bertz CT molecular complexity index is 292. The molecule has 2 bridgehead atoms. The lowest BCUT2D eigenvalue weighted by Crippen LogP contribution is -2.53. The molecule has 98 valence electrons. The lowest BCUT2D eigenvalue weighted by Gasteiger charge is -2.39. The summed E-state index contributed by atoms with van der Waals surface area (Å²) in [6.07, 6.45) is -3.56. The number of carbonyl (C=O) groups excluding carboxylic acids is 1. The topological polar surface area (TPSA) is 23.6 Å². The van der Waals surface area contributed by atoms with Gasteiger partial charge in [0.2, 0.25) is 5.91 Å². The zero-order valence-electron chi connectivity index (χ0n) is 9.83. The van der Waals surface area contributed by atoms with Crippen LogP contribution in [0.4, 0.5) is 13.2 Å². The first kappa shape index (κ1) is 12.7. The molecule has 0 aromatic heterocycles. The van der Waals surface area contributed by atoms with Gasteiger partial charge in [0.05, 0.1) is 6.42 Å². The Morgan fingerprint density at radius 1 is 1.24 bits per heavy atom. The van der Waals surface area contributed by atoms with E-state index in [0.717, 1.165) is 12.8 Å². The number of halogens is 3.